The fourth-order valence-electron chi connectivity index (χ4n) is 1.86. The number of sulfone groups is 1. The molecule has 0 aliphatic heterocycles. The molecule has 1 N–H and O–H groups in total. The van der Waals surface area contributed by atoms with Crippen LogP contribution in [-0.4, -0.2) is 30.5 Å². The van der Waals surface area contributed by atoms with Gasteiger partial charge in [0.25, 0.3) is 5.91 Å². The van der Waals surface area contributed by atoms with Gasteiger partial charge in [-0.05, 0) is 30.3 Å². The van der Waals surface area contributed by atoms with Crippen LogP contribution in [0.5, 0.6) is 0 Å². The lowest BCUT2D eigenvalue weighted by Gasteiger charge is -1.96. The molecule has 0 spiro atoms. The van der Waals surface area contributed by atoms with Crippen LogP contribution >= 0.6 is 11.3 Å². The molecule has 1 aromatic carbocycles. The maximum Gasteiger partial charge on any atom is 0.298 e. The van der Waals surface area contributed by atoms with Gasteiger partial charge >= 0.3 is 0 Å². The highest BCUT2D eigenvalue weighted by atomic mass is 32.2. The second-order valence-electron chi connectivity index (χ2n) is 4.59. The minimum Gasteiger partial charge on any atom is -0.330 e. The number of fused-ring (bicyclic) bond motifs is 1. The first-order valence-electron chi connectivity index (χ1n) is 6.26. The van der Waals surface area contributed by atoms with E-state index < -0.39 is 15.7 Å². The Balaban J connectivity index is 2.06. The lowest BCUT2D eigenvalue weighted by atomic mass is 10.3. The standard InChI is InChI=1S/C14H11N3O3S2/c1-22(19,20)9-5-6-10-12(8-9)21-14(16-10)17-13(18)11-4-2-3-7-15-11/h2-8H,1H3,(H,16,17,18). The van der Waals surface area contributed by atoms with E-state index in [1.165, 1.54) is 23.6 Å². The van der Waals surface area contributed by atoms with Crippen LogP contribution < -0.4 is 4.80 Å². The monoisotopic (exact) mass is 333 g/mol. The average Bonchev–Trinajstić information content (AvgIpc) is 2.88. The number of hydrogen-bond acceptors (Lipinski definition) is 5. The Morgan fingerprint density at radius 2 is 2.09 bits per heavy atom. The highest BCUT2D eigenvalue weighted by molar-refractivity contribution is 7.90. The number of nitrogens with one attached hydrogen (secondary N) is 1. The molecule has 22 heavy (non-hydrogen) atoms. The lowest BCUT2D eigenvalue weighted by Crippen LogP contribution is -2.06. The number of benzene rings is 1. The molecule has 0 saturated heterocycles. The molecule has 0 fully saturated rings. The number of thiazole rings is 1. The van der Waals surface area contributed by atoms with Crippen molar-refractivity contribution in [2.75, 3.05) is 6.26 Å². The summed E-state index contributed by atoms with van der Waals surface area (Å²) in [5.41, 5.74) is 0.982. The Bertz CT molecular complexity index is 1020. The highest BCUT2D eigenvalue weighted by Gasteiger charge is 2.10. The van der Waals surface area contributed by atoms with Crippen molar-refractivity contribution in [3.05, 3.63) is 53.1 Å². The van der Waals surface area contributed by atoms with Gasteiger partial charge in [-0.3, -0.25) is 9.78 Å². The van der Waals surface area contributed by atoms with E-state index in [0.29, 0.717) is 4.80 Å². The zero-order valence-corrected chi connectivity index (χ0v) is 13.1. The average molecular weight is 333 g/mol. The maximum absolute atomic E-state index is 12.0. The molecule has 0 aliphatic rings. The predicted octanol–water partition coefficient (Wildman–Crippen LogP) is 1.77. The number of nitrogens with zero attached hydrogens (tertiary/aromatic N) is 2. The lowest BCUT2D eigenvalue weighted by molar-refractivity contribution is 0.0993. The van der Waals surface area contributed by atoms with Crippen molar-refractivity contribution in [2.45, 2.75) is 4.90 Å². The molecule has 3 rings (SSSR count). The predicted molar refractivity (Wildman–Crippen MR) is 83.4 cm³/mol. The molecule has 8 heteroatoms. The second kappa shape index (κ2) is 5.47. The maximum atomic E-state index is 12.0. The van der Waals surface area contributed by atoms with Crippen LogP contribution in [0.3, 0.4) is 0 Å². The highest BCUT2D eigenvalue weighted by Crippen LogP contribution is 2.19. The largest absolute Gasteiger partial charge is 0.330 e. The zero-order chi connectivity index (χ0) is 15.7. The quantitative estimate of drug-likeness (QED) is 0.773. The van der Waals surface area contributed by atoms with Crippen molar-refractivity contribution in [1.82, 2.24) is 9.97 Å². The van der Waals surface area contributed by atoms with Crippen LogP contribution in [-0.2, 0) is 9.84 Å². The van der Waals surface area contributed by atoms with Crippen molar-refractivity contribution in [3.63, 3.8) is 0 Å². The van der Waals surface area contributed by atoms with E-state index >= 15 is 0 Å². The first-order valence-corrected chi connectivity index (χ1v) is 8.97. The molecular formula is C14H11N3O3S2. The molecule has 0 bridgehead atoms. The number of carbonyl (C=O) groups excluding carboxylic acids is 1. The van der Waals surface area contributed by atoms with Gasteiger partial charge < -0.3 is 4.98 Å². The molecule has 0 radical (unpaired) electrons. The molecule has 112 valence electrons. The number of pyridine rings is 1. The van der Waals surface area contributed by atoms with Gasteiger partial charge in [-0.25, -0.2) is 8.42 Å². The summed E-state index contributed by atoms with van der Waals surface area (Å²) in [7, 11) is -3.27. The van der Waals surface area contributed by atoms with Crippen molar-refractivity contribution in [3.8, 4) is 0 Å². The van der Waals surface area contributed by atoms with E-state index in [1.807, 2.05) is 0 Å². The van der Waals surface area contributed by atoms with Gasteiger partial charge in [0, 0.05) is 12.5 Å². The van der Waals surface area contributed by atoms with E-state index in [-0.39, 0.29) is 10.6 Å². The van der Waals surface area contributed by atoms with Crippen molar-refractivity contribution >= 4 is 37.3 Å². The Kier molecular flexibility index (Phi) is 3.63. The van der Waals surface area contributed by atoms with Crippen molar-refractivity contribution in [2.24, 2.45) is 4.99 Å². The van der Waals surface area contributed by atoms with Gasteiger partial charge in [-0.15, -0.1) is 0 Å². The Hall–Kier alpha value is -2.32. The minimum atomic E-state index is -3.27. The number of aromatic amines is 1. The van der Waals surface area contributed by atoms with Crippen molar-refractivity contribution in [1.29, 1.82) is 0 Å². The fraction of sp³-hybridized carbons (Fsp3) is 0.0714. The third-order valence-electron chi connectivity index (χ3n) is 2.92. The summed E-state index contributed by atoms with van der Waals surface area (Å²) in [5, 5.41) is 0. The van der Waals surface area contributed by atoms with Crippen LogP contribution in [0.25, 0.3) is 10.2 Å². The van der Waals surface area contributed by atoms with Gasteiger partial charge in [-0.2, -0.15) is 4.99 Å². The topological polar surface area (TPSA) is 92.2 Å². The van der Waals surface area contributed by atoms with Gasteiger partial charge in [0.15, 0.2) is 14.6 Å². The summed E-state index contributed by atoms with van der Waals surface area (Å²) in [6, 6.07) is 9.76. The molecule has 6 nitrogen and oxygen atoms in total. The fourth-order valence-corrected chi connectivity index (χ4v) is 3.49. The summed E-state index contributed by atoms with van der Waals surface area (Å²) in [5.74, 6) is -0.452. The molecule has 2 aromatic heterocycles. The molecule has 0 saturated carbocycles. The van der Waals surface area contributed by atoms with E-state index in [0.717, 1.165) is 16.5 Å². The summed E-state index contributed by atoms with van der Waals surface area (Å²) in [6.07, 6.45) is 2.68. The van der Waals surface area contributed by atoms with Crippen LogP contribution in [0.2, 0.25) is 0 Å². The molecule has 2 heterocycles. The molecule has 0 aliphatic carbocycles. The number of rotatable bonds is 2. The SMILES string of the molecule is CS(=O)(=O)c1ccc2[nH]/c(=N\C(=O)c3ccccn3)sc2c1. The minimum absolute atomic E-state index is 0.234. The molecule has 3 aromatic rings. The molecular weight excluding hydrogens is 322 g/mol. The first-order chi connectivity index (χ1) is 10.4. The molecule has 0 atom stereocenters. The van der Waals surface area contributed by atoms with Gasteiger partial charge in [0.1, 0.15) is 5.69 Å². The smallest absolute Gasteiger partial charge is 0.298 e. The zero-order valence-electron chi connectivity index (χ0n) is 11.5. The number of aromatic nitrogens is 2. The number of hydrogen-bond donors (Lipinski definition) is 1. The Morgan fingerprint density at radius 3 is 2.77 bits per heavy atom. The number of carbonyl (C=O) groups is 1. The normalized spacial score (nSPS) is 12.7. The third kappa shape index (κ3) is 2.97. The van der Waals surface area contributed by atoms with Gasteiger partial charge in [0.05, 0.1) is 15.1 Å². The summed E-state index contributed by atoms with van der Waals surface area (Å²) < 4.78 is 23.8. The summed E-state index contributed by atoms with van der Waals surface area (Å²) >= 11 is 1.22. The van der Waals surface area contributed by atoms with Crippen LogP contribution in [0, 0.1) is 0 Å². The second-order valence-corrected chi connectivity index (χ2v) is 7.64. The van der Waals surface area contributed by atoms with Gasteiger partial charge in [-0.1, -0.05) is 17.4 Å². The van der Waals surface area contributed by atoms with Gasteiger partial charge in [0.2, 0.25) is 0 Å². The molecule has 1 amide bonds. The van der Waals surface area contributed by atoms with Crippen molar-refractivity contribution < 1.29 is 13.2 Å². The van der Waals surface area contributed by atoms with Crippen LogP contribution in [0.1, 0.15) is 10.5 Å². The number of amides is 1. The Labute approximate surface area is 130 Å². The van der Waals surface area contributed by atoms with Crippen LogP contribution in [0.4, 0.5) is 0 Å². The van der Waals surface area contributed by atoms with E-state index in [9.17, 15) is 13.2 Å². The molecule has 0 unspecified atom stereocenters. The first kappa shape index (κ1) is 14.6. The van der Waals surface area contributed by atoms with E-state index in [2.05, 4.69) is 15.0 Å². The summed E-state index contributed by atoms with van der Waals surface area (Å²) in [6.45, 7) is 0. The van der Waals surface area contributed by atoms with Crippen LogP contribution in [0.15, 0.2) is 52.5 Å². The van der Waals surface area contributed by atoms with E-state index in [4.69, 9.17) is 0 Å². The Morgan fingerprint density at radius 1 is 1.27 bits per heavy atom. The summed E-state index contributed by atoms with van der Waals surface area (Å²) in [4.78, 5) is 23.5. The number of H-pyrrole nitrogens is 1. The van der Waals surface area contributed by atoms with E-state index in [1.54, 1.807) is 30.3 Å². The third-order valence-corrected chi connectivity index (χ3v) is 4.97.